The van der Waals surface area contributed by atoms with Crippen LogP contribution in [-0.2, 0) is 0 Å². The van der Waals surface area contributed by atoms with Gasteiger partial charge in [0.25, 0.3) is 0 Å². The van der Waals surface area contributed by atoms with Crippen molar-refractivity contribution in [1.29, 1.82) is 0 Å². The molecule has 0 saturated heterocycles. The highest BCUT2D eigenvalue weighted by Crippen LogP contribution is 2.14. The molecule has 0 aliphatic heterocycles. The largest absolute Gasteiger partial charge is 0.257 e. The average molecular weight is 196 g/mol. The molecule has 0 saturated carbocycles. The van der Waals surface area contributed by atoms with Gasteiger partial charge in [0.05, 0.1) is 5.69 Å². The molecule has 0 amide bonds. The molecule has 0 radical (unpaired) electrons. The second-order valence-electron chi connectivity index (χ2n) is 3.26. The van der Waals surface area contributed by atoms with Gasteiger partial charge in [-0.3, -0.25) is 4.98 Å². The Hall–Kier alpha value is -0.820. The molecule has 1 heterocycles. The zero-order chi connectivity index (χ0) is 9.68. The van der Waals surface area contributed by atoms with Crippen molar-refractivity contribution in [3.63, 3.8) is 0 Å². The Morgan fingerprint density at radius 2 is 2.31 bits per heavy atom. The number of hydrogen-bond donors (Lipinski definition) is 0. The zero-order valence-corrected chi connectivity index (χ0v) is 8.75. The maximum Gasteiger partial charge on any atom is 0.0629 e. The van der Waals surface area contributed by atoms with E-state index in [9.17, 15) is 0 Å². The van der Waals surface area contributed by atoms with Gasteiger partial charge in [-0.25, -0.2) is 0 Å². The standard InChI is InChI=1S/C11H14ClN/c1-9(2)10(8-12)7-11-5-3-4-6-13-11/h3-7,9H,8H2,1-2H3/b10-7+. The molecule has 0 spiro atoms. The van der Waals surface area contributed by atoms with Gasteiger partial charge in [0.1, 0.15) is 0 Å². The molecule has 70 valence electrons. The molecule has 0 N–H and O–H groups in total. The van der Waals surface area contributed by atoms with Gasteiger partial charge < -0.3 is 0 Å². The van der Waals surface area contributed by atoms with E-state index in [1.165, 1.54) is 5.57 Å². The Bertz CT molecular complexity index is 277. The van der Waals surface area contributed by atoms with Gasteiger partial charge in [-0.05, 0) is 24.1 Å². The molecule has 0 fully saturated rings. The van der Waals surface area contributed by atoms with Crippen LogP contribution in [0.3, 0.4) is 0 Å². The van der Waals surface area contributed by atoms with E-state index in [1.54, 1.807) is 6.20 Å². The third-order valence-corrected chi connectivity index (χ3v) is 2.23. The van der Waals surface area contributed by atoms with Crippen molar-refractivity contribution in [1.82, 2.24) is 4.98 Å². The van der Waals surface area contributed by atoms with E-state index in [1.807, 2.05) is 18.2 Å². The Morgan fingerprint density at radius 3 is 2.77 bits per heavy atom. The van der Waals surface area contributed by atoms with Crippen LogP contribution in [-0.4, -0.2) is 10.9 Å². The summed E-state index contributed by atoms with van der Waals surface area (Å²) in [6.45, 7) is 4.27. The first-order valence-corrected chi connectivity index (χ1v) is 4.95. The minimum Gasteiger partial charge on any atom is -0.257 e. The summed E-state index contributed by atoms with van der Waals surface area (Å²) in [5, 5.41) is 0. The van der Waals surface area contributed by atoms with E-state index in [-0.39, 0.29) is 0 Å². The molecule has 1 aromatic heterocycles. The van der Waals surface area contributed by atoms with Crippen LogP contribution in [0.4, 0.5) is 0 Å². The fraction of sp³-hybridized carbons (Fsp3) is 0.364. The van der Waals surface area contributed by atoms with E-state index in [2.05, 4.69) is 24.9 Å². The molecule has 1 aromatic rings. The maximum atomic E-state index is 5.82. The Balaban J connectivity index is 2.85. The van der Waals surface area contributed by atoms with E-state index in [4.69, 9.17) is 11.6 Å². The van der Waals surface area contributed by atoms with Crippen LogP contribution in [0.25, 0.3) is 6.08 Å². The lowest BCUT2D eigenvalue weighted by Crippen LogP contribution is -1.95. The summed E-state index contributed by atoms with van der Waals surface area (Å²) < 4.78 is 0. The highest BCUT2D eigenvalue weighted by Gasteiger charge is 2.01. The number of allylic oxidation sites excluding steroid dienone is 1. The summed E-state index contributed by atoms with van der Waals surface area (Å²) in [5.41, 5.74) is 2.20. The fourth-order valence-electron chi connectivity index (χ4n) is 1.01. The van der Waals surface area contributed by atoms with E-state index < -0.39 is 0 Å². The van der Waals surface area contributed by atoms with E-state index >= 15 is 0 Å². The van der Waals surface area contributed by atoms with Gasteiger partial charge in [-0.1, -0.05) is 25.5 Å². The number of aromatic nitrogens is 1. The number of alkyl halides is 1. The van der Waals surface area contributed by atoms with Crippen LogP contribution in [0.1, 0.15) is 19.5 Å². The van der Waals surface area contributed by atoms with Crippen LogP contribution >= 0.6 is 11.6 Å². The zero-order valence-electron chi connectivity index (χ0n) is 8.00. The summed E-state index contributed by atoms with van der Waals surface area (Å²) in [7, 11) is 0. The van der Waals surface area contributed by atoms with E-state index in [0.29, 0.717) is 11.8 Å². The normalized spacial score (nSPS) is 12.2. The minimum atomic E-state index is 0.486. The van der Waals surface area contributed by atoms with Crippen LogP contribution in [0, 0.1) is 5.92 Å². The van der Waals surface area contributed by atoms with Crippen LogP contribution in [0.15, 0.2) is 30.0 Å². The van der Waals surface area contributed by atoms with Gasteiger partial charge >= 0.3 is 0 Å². The van der Waals surface area contributed by atoms with Gasteiger partial charge in [0.2, 0.25) is 0 Å². The van der Waals surface area contributed by atoms with Gasteiger partial charge in [0, 0.05) is 12.1 Å². The first kappa shape index (κ1) is 10.3. The smallest absolute Gasteiger partial charge is 0.0629 e. The lowest BCUT2D eigenvalue weighted by Gasteiger charge is -2.06. The molecule has 0 unspecified atom stereocenters. The van der Waals surface area contributed by atoms with Crippen molar-refractivity contribution < 1.29 is 0 Å². The summed E-state index contributed by atoms with van der Waals surface area (Å²) >= 11 is 5.82. The van der Waals surface area contributed by atoms with Crippen molar-refractivity contribution in [2.75, 3.05) is 5.88 Å². The predicted octanol–water partition coefficient (Wildman–Crippen LogP) is 3.36. The maximum absolute atomic E-state index is 5.82. The molecule has 0 aliphatic rings. The molecule has 1 rings (SSSR count). The van der Waals surface area contributed by atoms with Crippen molar-refractivity contribution in [2.45, 2.75) is 13.8 Å². The third kappa shape index (κ3) is 3.19. The van der Waals surface area contributed by atoms with Crippen LogP contribution in [0.5, 0.6) is 0 Å². The second-order valence-corrected chi connectivity index (χ2v) is 3.53. The average Bonchev–Trinajstić information content (AvgIpc) is 2.15. The van der Waals surface area contributed by atoms with Crippen LogP contribution < -0.4 is 0 Å². The summed E-state index contributed by atoms with van der Waals surface area (Å²) in [6, 6.07) is 5.87. The van der Waals surface area contributed by atoms with Crippen LogP contribution in [0.2, 0.25) is 0 Å². The molecule has 13 heavy (non-hydrogen) atoms. The predicted molar refractivity (Wildman–Crippen MR) is 57.8 cm³/mol. The molecule has 0 atom stereocenters. The molecule has 0 bridgehead atoms. The number of halogens is 1. The summed E-state index contributed by atoms with van der Waals surface area (Å²) in [6.07, 6.45) is 3.84. The monoisotopic (exact) mass is 195 g/mol. The van der Waals surface area contributed by atoms with Crippen molar-refractivity contribution in [3.8, 4) is 0 Å². The quantitative estimate of drug-likeness (QED) is 0.674. The van der Waals surface area contributed by atoms with Gasteiger partial charge in [-0.15, -0.1) is 11.6 Å². The SMILES string of the molecule is CC(C)/C(=C/c1ccccn1)CCl. The van der Waals surface area contributed by atoms with Crippen molar-refractivity contribution in [3.05, 3.63) is 35.7 Å². The van der Waals surface area contributed by atoms with Crippen molar-refractivity contribution in [2.24, 2.45) is 5.92 Å². The highest BCUT2D eigenvalue weighted by molar-refractivity contribution is 6.19. The first-order valence-electron chi connectivity index (χ1n) is 4.41. The fourth-order valence-corrected chi connectivity index (χ4v) is 1.40. The molecule has 0 aliphatic carbocycles. The highest BCUT2D eigenvalue weighted by atomic mass is 35.5. The number of nitrogens with zero attached hydrogens (tertiary/aromatic N) is 1. The topological polar surface area (TPSA) is 12.9 Å². The Kier molecular flexibility index (Phi) is 3.97. The van der Waals surface area contributed by atoms with Gasteiger partial charge in [0.15, 0.2) is 0 Å². The number of rotatable bonds is 3. The Labute approximate surface area is 84.5 Å². The van der Waals surface area contributed by atoms with Crippen molar-refractivity contribution >= 4 is 17.7 Å². The van der Waals surface area contributed by atoms with E-state index in [0.717, 1.165) is 5.69 Å². The first-order chi connectivity index (χ1) is 6.24. The molecular weight excluding hydrogens is 182 g/mol. The molecule has 0 aromatic carbocycles. The molecule has 2 heteroatoms. The third-order valence-electron chi connectivity index (χ3n) is 1.92. The minimum absolute atomic E-state index is 0.486. The molecular formula is C11H14ClN. The lowest BCUT2D eigenvalue weighted by atomic mass is 10.0. The second kappa shape index (κ2) is 5.03. The number of hydrogen-bond acceptors (Lipinski definition) is 1. The lowest BCUT2D eigenvalue weighted by molar-refractivity contribution is 0.777. The molecule has 1 nitrogen and oxygen atoms in total. The Morgan fingerprint density at radius 1 is 1.54 bits per heavy atom. The summed E-state index contributed by atoms with van der Waals surface area (Å²) in [5.74, 6) is 1.06. The summed E-state index contributed by atoms with van der Waals surface area (Å²) in [4.78, 5) is 4.21. The van der Waals surface area contributed by atoms with Gasteiger partial charge in [-0.2, -0.15) is 0 Å². The number of pyridine rings is 1.